The Morgan fingerprint density at radius 2 is 2.04 bits per heavy atom. The van der Waals surface area contributed by atoms with Crippen molar-refractivity contribution in [2.24, 2.45) is 0 Å². The number of piperidine rings is 1. The van der Waals surface area contributed by atoms with E-state index < -0.39 is 0 Å². The Morgan fingerprint density at radius 3 is 2.71 bits per heavy atom. The first-order valence-electron chi connectivity index (χ1n) is 8.11. The van der Waals surface area contributed by atoms with Crippen LogP contribution in [0.5, 0.6) is 5.75 Å². The van der Waals surface area contributed by atoms with Crippen LogP contribution in [0.1, 0.15) is 23.3 Å². The van der Waals surface area contributed by atoms with Crippen molar-refractivity contribution in [1.82, 2.24) is 20.4 Å². The lowest BCUT2D eigenvalue weighted by molar-refractivity contribution is 0.0900. The second-order valence-corrected chi connectivity index (χ2v) is 6.30. The van der Waals surface area contributed by atoms with Gasteiger partial charge in [0, 0.05) is 36.9 Å². The van der Waals surface area contributed by atoms with E-state index in [9.17, 15) is 4.79 Å². The SMILES string of the molecule is O=C(NC1CCN(CCOc2ccc(Cl)cc2)CC1)c1ccn[nH]1. The van der Waals surface area contributed by atoms with Crippen molar-refractivity contribution >= 4 is 17.5 Å². The molecule has 7 heteroatoms. The number of likely N-dealkylation sites (tertiary alicyclic amines) is 1. The van der Waals surface area contributed by atoms with Crippen LogP contribution in [0.4, 0.5) is 0 Å². The molecule has 2 heterocycles. The fraction of sp³-hybridized carbons (Fsp3) is 0.412. The van der Waals surface area contributed by atoms with Gasteiger partial charge in [-0.3, -0.25) is 14.8 Å². The average Bonchev–Trinajstić information content (AvgIpc) is 3.13. The Morgan fingerprint density at radius 1 is 1.29 bits per heavy atom. The minimum atomic E-state index is -0.0861. The molecule has 128 valence electrons. The fourth-order valence-corrected chi connectivity index (χ4v) is 2.90. The van der Waals surface area contributed by atoms with Crippen molar-refractivity contribution in [3.05, 3.63) is 47.2 Å². The summed E-state index contributed by atoms with van der Waals surface area (Å²) in [6, 6.07) is 9.29. The van der Waals surface area contributed by atoms with E-state index in [-0.39, 0.29) is 11.9 Å². The topological polar surface area (TPSA) is 70.2 Å². The van der Waals surface area contributed by atoms with Crippen molar-refractivity contribution in [1.29, 1.82) is 0 Å². The van der Waals surface area contributed by atoms with Crippen LogP contribution in [0.3, 0.4) is 0 Å². The number of nitrogens with zero attached hydrogens (tertiary/aromatic N) is 2. The van der Waals surface area contributed by atoms with Gasteiger partial charge in [0.2, 0.25) is 0 Å². The lowest BCUT2D eigenvalue weighted by Crippen LogP contribution is -2.45. The summed E-state index contributed by atoms with van der Waals surface area (Å²) in [7, 11) is 0. The molecule has 0 atom stereocenters. The summed E-state index contributed by atoms with van der Waals surface area (Å²) >= 11 is 5.85. The van der Waals surface area contributed by atoms with Crippen LogP contribution in [0.25, 0.3) is 0 Å². The number of aromatic nitrogens is 2. The summed E-state index contributed by atoms with van der Waals surface area (Å²) in [5.41, 5.74) is 0.508. The molecule has 2 aromatic rings. The third-order valence-corrected chi connectivity index (χ3v) is 4.41. The maximum Gasteiger partial charge on any atom is 0.269 e. The van der Waals surface area contributed by atoms with Gasteiger partial charge in [-0.15, -0.1) is 0 Å². The number of hydrogen-bond donors (Lipinski definition) is 2. The minimum absolute atomic E-state index is 0.0861. The molecular formula is C17H21ClN4O2. The number of ether oxygens (including phenoxy) is 1. The monoisotopic (exact) mass is 348 g/mol. The number of nitrogens with one attached hydrogen (secondary N) is 2. The molecule has 0 spiro atoms. The molecule has 24 heavy (non-hydrogen) atoms. The zero-order valence-electron chi connectivity index (χ0n) is 13.4. The zero-order valence-corrected chi connectivity index (χ0v) is 14.1. The Labute approximate surface area is 146 Å². The van der Waals surface area contributed by atoms with E-state index in [4.69, 9.17) is 16.3 Å². The molecule has 1 aromatic carbocycles. The maximum atomic E-state index is 12.0. The number of H-pyrrole nitrogens is 1. The molecule has 3 rings (SSSR count). The van der Waals surface area contributed by atoms with E-state index in [1.54, 1.807) is 12.3 Å². The number of rotatable bonds is 6. The predicted octanol–water partition coefficient (Wildman–Crippen LogP) is 2.34. The molecule has 1 saturated heterocycles. The van der Waals surface area contributed by atoms with Crippen LogP contribution in [-0.4, -0.2) is 53.3 Å². The van der Waals surface area contributed by atoms with Crippen molar-refractivity contribution in [2.45, 2.75) is 18.9 Å². The third-order valence-electron chi connectivity index (χ3n) is 4.16. The lowest BCUT2D eigenvalue weighted by atomic mass is 10.0. The first-order valence-corrected chi connectivity index (χ1v) is 8.49. The van der Waals surface area contributed by atoms with Gasteiger partial charge in [0.1, 0.15) is 18.1 Å². The van der Waals surface area contributed by atoms with E-state index in [1.807, 2.05) is 24.3 Å². The number of amides is 1. The molecule has 0 radical (unpaired) electrons. The van der Waals surface area contributed by atoms with Gasteiger partial charge < -0.3 is 10.1 Å². The number of hydrogen-bond acceptors (Lipinski definition) is 4. The van der Waals surface area contributed by atoms with Gasteiger partial charge in [-0.05, 0) is 43.2 Å². The molecule has 1 aliphatic heterocycles. The smallest absolute Gasteiger partial charge is 0.269 e. The predicted molar refractivity (Wildman–Crippen MR) is 92.5 cm³/mol. The van der Waals surface area contributed by atoms with Gasteiger partial charge in [0.25, 0.3) is 5.91 Å². The van der Waals surface area contributed by atoms with Crippen LogP contribution in [-0.2, 0) is 0 Å². The molecule has 2 N–H and O–H groups in total. The average molecular weight is 349 g/mol. The normalized spacial score (nSPS) is 16.0. The van der Waals surface area contributed by atoms with Gasteiger partial charge >= 0.3 is 0 Å². The molecule has 1 aromatic heterocycles. The lowest BCUT2D eigenvalue weighted by Gasteiger charge is -2.32. The Balaban J connectivity index is 1.34. The van der Waals surface area contributed by atoms with Crippen LogP contribution >= 0.6 is 11.6 Å². The second-order valence-electron chi connectivity index (χ2n) is 5.86. The van der Waals surface area contributed by atoms with Crippen LogP contribution in [0, 0.1) is 0 Å². The van der Waals surface area contributed by atoms with Gasteiger partial charge in [0.05, 0.1) is 0 Å². The molecule has 1 fully saturated rings. The van der Waals surface area contributed by atoms with E-state index >= 15 is 0 Å². The molecule has 0 unspecified atom stereocenters. The summed E-state index contributed by atoms with van der Waals surface area (Å²) in [5, 5.41) is 10.2. The Bertz CT molecular complexity index is 637. The highest BCUT2D eigenvalue weighted by Gasteiger charge is 2.21. The Kier molecular flexibility index (Phi) is 5.72. The molecule has 0 saturated carbocycles. The number of aromatic amines is 1. The van der Waals surface area contributed by atoms with Crippen molar-refractivity contribution in [2.75, 3.05) is 26.2 Å². The highest BCUT2D eigenvalue weighted by atomic mass is 35.5. The molecule has 0 bridgehead atoms. The van der Waals surface area contributed by atoms with Crippen LogP contribution in [0.15, 0.2) is 36.5 Å². The fourth-order valence-electron chi connectivity index (χ4n) is 2.77. The summed E-state index contributed by atoms with van der Waals surface area (Å²) in [6.45, 7) is 3.44. The Hall–Kier alpha value is -2.05. The van der Waals surface area contributed by atoms with E-state index in [1.165, 1.54) is 0 Å². The highest BCUT2D eigenvalue weighted by molar-refractivity contribution is 6.30. The van der Waals surface area contributed by atoms with Gasteiger partial charge in [-0.2, -0.15) is 5.10 Å². The molecular weight excluding hydrogens is 328 g/mol. The first kappa shape index (κ1) is 16.8. The molecule has 1 amide bonds. The second kappa shape index (κ2) is 8.17. The third kappa shape index (κ3) is 4.72. The molecule has 6 nitrogen and oxygen atoms in total. The van der Waals surface area contributed by atoms with Crippen molar-refractivity contribution in [3.8, 4) is 5.75 Å². The van der Waals surface area contributed by atoms with Crippen LogP contribution in [0.2, 0.25) is 5.02 Å². The number of carbonyl (C=O) groups is 1. The van der Waals surface area contributed by atoms with Gasteiger partial charge in [0.15, 0.2) is 0 Å². The van der Waals surface area contributed by atoms with Crippen molar-refractivity contribution < 1.29 is 9.53 Å². The summed E-state index contributed by atoms with van der Waals surface area (Å²) < 4.78 is 5.72. The maximum absolute atomic E-state index is 12.0. The highest BCUT2D eigenvalue weighted by Crippen LogP contribution is 2.16. The number of benzene rings is 1. The van der Waals surface area contributed by atoms with Crippen molar-refractivity contribution in [3.63, 3.8) is 0 Å². The van der Waals surface area contributed by atoms with E-state index in [0.29, 0.717) is 17.3 Å². The van der Waals surface area contributed by atoms with E-state index in [2.05, 4.69) is 20.4 Å². The number of halogens is 1. The van der Waals surface area contributed by atoms with Crippen LogP contribution < -0.4 is 10.1 Å². The first-order chi connectivity index (χ1) is 11.7. The van der Waals surface area contributed by atoms with E-state index in [0.717, 1.165) is 38.2 Å². The minimum Gasteiger partial charge on any atom is -0.492 e. The van der Waals surface area contributed by atoms with Gasteiger partial charge in [-0.1, -0.05) is 11.6 Å². The van der Waals surface area contributed by atoms with Gasteiger partial charge in [-0.25, -0.2) is 0 Å². The summed E-state index contributed by atoms with van der Waals surface area (Å²) in [4.78, 5) is 14.3. The number of carbonyl (C=O) groups excluding carboxylic acids is 1. The quantitative estimate of drug-likeness (QED) is 0.840. The summed E-state index contributed by atoms with van der Waals surface area (Å²) in [5.74, 6) is 0.748. The molecule has 0 aliphatic carbocycles. The zero-order chi connectivity index (χ0) is 16.8. The largest absolute Gasteiger partial charge is 0.492 e. The summed E-state index contributed by atoms with van der Waals surface area (Å²) in [6.07, 6.45) is 3.47. The standard InChI is InChI=1S/C17H21ClN4O2/c18-13-1-3-15(4-2-13)24-12-11-22-9-6-14(7-10-22)20-17(23)16-5-8-19-21-16/h1-5,8,14H,6-7,9-12H2,(H,19,21)(H,20,23). The molecule has 1 aliphatic rings.